The Labute approximate surface area is 194 Å². The topological polar surface area (TPSA) is 62.1 Å². The van der Waals surface area contributed by atoms with Crippen molar-refractivity contribution < 1.29 is 9.53 Å². The molecule has 7 nitrogen and oxygen atoms in total. The molecule has 0 aliphatic carbocycles. The molecule has 1 N–H and O–H groups in total. The molecule has 0 unspecified atom stereocenters. The van der Waals surface area contributed by atoms with Crippen LogP contribution < -0.4 is 15.0 Å². The number of methoxy groups -OCH3 is 1. The zero-order valence-corrected chi connectivity index (χ0v) is 19.4. The van der Waals surface area contributed by atoms with Gasteiger partial charge in [0.2, 0.25) is 0 Å². The predicted octanol–water partition coefficient (Wildman–Crippen LogP) is 5.00. The number of carbonyl (C=O) groups excluding carboxylic acids is 1. The molecular weight excluding hydrogens is 470 g/mol. The molecule has 5 rings (SSSR count). The molecule has 1 fully saturated rings. The SMILES string of the molecule is COc1ccccc1NC(=O)N1CCCN(c2nc3cc(Br)ccc3n3cccc23)CC1. The third-order valence-electron chi connectivity index (χ3n) is 5.83. The first kappa shape index (κ1) is 20.6. The van der Waals surface area contributed by atoms with Crippen LogP contribution in [0.25, 0.3) is 16.6 Å². The number of halogens is 1. The maximum Gasteiger partial charge on any atom is 0.322 e. The Morgan fingerprint density at radius 2 is 1.91 bits per heavy atom. The zero-order valence-electron chi connectivity index (χ0n) is 17.8. The quantitative estimate of drug-likeness (QED) is 0.436. The van der Waals surface area contributed by atoms with Crippen LogP contribution in [0.3, 0.4) is 0 Å². The minimum atomic E-state index is -0.111. The lowest BCUT2D eigenvalue weighted by Gasteiger charge is -2.24. The summed E-state index contributed by atoms with van der Waals surface area (Å²) in [6.45, 7) is 2.86. The molecule has 1 aliphatic rings. The summed E-state index contributed by atoms with van der Waals surface area (Å²) in [7, 11) is 1.60. The number of anilines is 2. The molecule has 0 saturated carbocycles. The van der Waals surface area contributed by atoms with Crippen molar-refractivity contribution in [1.29, 1.82) is 0 Å². The molecule has 0 bridgehead atoms. The highest BCUT2D eigenvalue weighted by molar-refractivity contribution is 9.10. The van der Waals surface area contributed by atoms with Crippen molar-refractivity contribution in [3.05, 3.63) is 65.3 Å². The number of urea groups is 1. The number of amides is 2. The third kappa shape index (κ3) is 3.86. The highest BCUT2D eigenvalue weighted by Crippen LogP contribution is 2.28. The zero-order chi connectivity index (χ0) is 22.1. The van der Waals surface area contributed by atoms with Crippen molar-refractivity contribution in [2.75, 3.05) is 43.5 Å². The maximum atomic E-state index is 12.9. The van der Waals surface area contributed by atoms with Gasteiger partial charge in [0, 0.05) is 36.8 Å². The van der Waals surface area contributed by atoms with Gasteiger partial charge in [0.1, 0.15) is 5.75 Å². The molecule has 8 heteroatoms. The van der Waals surface area contributed by atoms with E-state index in [2.05, 4.69) is 48.9 Å². The van der Waals surface area contributed by atoms with Gasteiger partial charge in [0.25, 0.3) is 0 Å². The lowest BCUT2D eigenvalue weighted by molar-refractivity contribution is 0.215. The average molecular weight is 494 g/mol. The number of carbonyl (C=O) groups is 1. The fourth-order valence-electron chi connectivity index (χ4n) is 4.24. The predicted molar refractivity (Wildman–Crippen MR) is 131 cm³/mol. The Kier molecular flexibility index (Phi) is 5.61. The second-order valence-corrected chi connectivity index (χ2v) is 8.71. The Hall–Kier alpha value is -3.26. The molecule has 0 spiro atoms. The van der Waals surface area contributed by atoms with Crippen molar-refractivity contribution in [2.24, 2.45) is 0 Å². The van der Waals surface area contributed by atoms with Crippen LogP contribution in [0.15, 0.2) is 65.3 Å². The first-order valence-corrected chi connectivity index (χ1v) is 11.4. The van der Waals surface area contributed by atoms with E-state index in [0.717, 1.165) is 39.8 Å². The summed E-state index contributed by atoms with van der Waals surface area (Å²) in [5.41, 5.74) is 3.77. The van der Waals surface area contributed by atoms with Gasteiger partial charge in [-0.2, -0.15) is 0 Å². The Morgan fingerprint density at radius 1 is 1.03 bits per heavy atom. The molecule has 2 aromatic heterocycles. The smallest absolute Gasteiger partial charge is 0.322 e. The van der Waals surface area contributed by atoms with Gasteiger partial charge >= 0.3 is 6.03 Å². The van der Waals surface area contributed by atoms with E-state index in [1.807, 2.05) is 47.4 Å². The van der Waals surface area contributed by atoms with Crippen LogP contribution in [0.5, 0.6) is 5.75 Å². The molecule has 4 aromatic rings. The Bertz CT molecular complexity index is 1290. The van der Waals surface area contributed by atoms with Gasteiger partial charge in [-0.3, -0.25) is 0 Å². The summed E-state index contributed by atoms with van der Waals surface area (Å²) in [6.07, 6.45) is 2.94. The van der Waals surface area contributed by atoms with E-state index in [1.54, 1.807) is 7.11 Å². The molecule has 1 aliphatic heterocycles. The molecule has 1 saturated heterocycles. The molecule has 0 atom stereocenters. The number of hydrogen-bond acceptors (Lipinski definition) is 4. The summed E-state index contributed by atoms with van der Waals surface area (Å²) >= 11 is 3.56. The van der Waals surface area contributed by atoms with Crippen molar-refractivity contribution >= 4 is 50.0 Å². The van der Waals surface area contributed by atoms with Crippen LogP contribution in [0, 0.1) is 0 Å². The summed E-state index contributed by atoms with van der Waals surface area (Å²) in [6, 6.07) is 17.7. The van der Waals surface area contributed by atoms with Crippen LogP contribution in [0.2, 0.25) is 0 Å². The summed E-state index contributed by atoms with van der Waals surface area (Å²) in [5.74, 6) is 1.60. The van der Waals surface area contributed by atoms with Gasteiger partial charge in [0.05, 0.1) is 29.3 Å². The molecule has 2 amide bonds. The molecule has 32 heavy (non-hydrogen) atoms. The number of aromatic nitrogens is 2. The number of fused-ring (bicyclic) bond motifs is 3. The lowest BCUT2D eigenvalue weighted by Crippen LogP contribution is -2.38. The fraction of sp³-hybridized carbons (Fsp3) is 0.250. The highest BCUT2D eigenvalue weighted by Gasteiger charge is 2.22. The second-order valence-electron chi connectivity index (χ2n) is 7.79. The average Bonchev–Trinajstić information content (AvgIpc) is 3.16. The maximum absolute atomic E-state index is 12.9. The van der Waals surface area contributed by atoms with Crippen molar-refractivity contribution in [1.82, 2.24) is 14.3 Å². The molecule has 3 heterocycles. The van der Waals surface area contributed by atoms with Gasteiger partial charge in [-0.15, -0.1) is 0 Å². The summed E-state index contributed by atoms with van der Waals surface area (Å²) < 4.78 is 8.54. The van der Waals surface area contributed by atoms with E-state index in [9.17, 15) is 4.79 Å². The molecule has 0 radical (unpaired) electrons. The van der Waals surface area contributed by atoms with Gasteiger partial charge in [-0.1, -0.05) is 28.1 Å². The van der Waals surface area contributed by atoms with Gasteiger partial charge in [-0.05, 0) is 48.9 Å². The second kappa shape index (κ2) is 8.70. The number of nitrogens with one attached hydrogen (secondary N) is 1. The minimum Gasteiger partial charge on any atom is -0.495 e. The number of rotatable bonds is 3. The van der Waals surface area contributed by atoms with Gasteiger partial charge in [-0.25, -0.2) is 9.78 Å². The lowest BCUT2D eigenvalue weighted by atomic mass is 10.3. The summed E-state index contributed by atoms with van der Waals surface area (Å²) in [4.78, 5) is 22.1. The van der Waals surface area contributed by atoms with Crippen LogP contribution in [-0.4, -0.2) is 53.6 Å². The molecule has 164 valence electrons. The normalized spacial score (nSPS) is 14.6. The molecule has 2 aromatic carbocycles. The number of ether oxygens (including phenoxy) is 1. The van der Waals surface area contributed by atoms with E-state index in [1.165, 1.54) is 0 Å². The van der Waals surface area contributed by atoms with Gasteiger partial charge < -0.3 is 24.3 Å². The monoisotopic (exact) mass is 493 g/mol. The molecular formula is C24H24BrN5O2. The summed E-state index contributed by atoms with van der Waals surface area (Å²) in [5, 5.41) is 2.99. The van der Waals surface area contributed by atoms with E-state index in [-0.39, 0.29) is 6.03 Å². The van der Waals surface area contributed by atoms with Crippen molar-refractivity contribution in [3.8, 4) is 5.75 Å². The van der Waals surface area contributed by atoms with E-state index in [0.29, 0.717) is 31.1 Å². The van der Waals surface area contributed by atoms with E-state index in [4.69, 9.17) is 9.72 Å². The van der Waals surface area contributed by atoms with E-state index < -0.39 is 0 Å². The standard InChI is InChI=1S/C24H24BrN5O2/c1-32-22-8-3-2-6-18(22)27-24(31)29-12-5-11-28(14-15-29)23-21-7-4-13-30(21)20-10-9-17(25)16-19(20)26-23/h2-4,6-10,13,16H,5,11-12,14-15H2,1H3,(H,27,31). The number of nitrogens with zero attached hydrogens (tertiary/aromatic N) is 4. The first-order chi connectivity index (χ1) is 15.6. The number of benzene rings is 2. The first-order valence-electron chi connectivity index (χ1n) is 10.6. The fourth-order valence-corrected chi connectivity index (χ4v) is 4.59. The Morgan fingerprint density at radius 3 is 2.78 bits per heavy atom. The van der Waals surface area contributed by atoms with E-state index >= 15 is 0 Å². The van der Waals surface area contributed by atoms with Gasteiger partial charge in [0.15, 0.2) is 5.82 Å². The number of para-hydroxylation sites is 2. The largest absolute Gasteiger partial charge is 0.495 e. The van der Waals surface area contributed by atoms with Crippen LogP contribution >= 0.6 is 15.9 Å². The van der Waals surface area contributed by atoms with Crippen LogP contribution in [0.1, 0.15) is 6.42 Å². The number of hydrogen-bond donors (Lipinski definition) is 1. The van der Waals surface area contributed by atoms with Crippen molar-refractivity contribution in [3.63, 3.8) is 0 Å². The van der Waals surface area contributed by atoms with Crippen LogP contribution in [0.4, 0.5) is 16.3 Å². The van der Waals surface area contributed by atoms with Crippen molar-refractivity contribution in [2.45, 2.75) is 6.42 Å². The van der Waals surface area contributed by atoms with Crippen LogP contribution in [-0.2, 0) is 0 Å². The minimum absolute atomic E-state index is 0.111. The highest BCUT2D eigenvalue weighted by atomic mass is 79.9. The Balaban J connectivity index is 1.38. The third-order valence-corrected chi connectivity index (χ3v) is 6.33.